The predicted molar refractivity (Wildman–Crippen MR) is 99.8 cm³/mol. The van der Waals surface area contributed by atoms with E-state index in [2.05, 4.69) is 20.6 Å². The number of nitrogens with zero attached hydrogens (tertiary/aromatic N) is 6. The van der Waals surface area contributed by atoms with Crippen LogP contribution in [-0.2, 0) is 7.05 Å². The van der Waals surface area contributed by atoms with Gasteiger partial charge in [0.05, 0.1) is 10.7 Å². The van der Waals surface area contributed by atoms with Gasteiger partial charge in [0, 0.05) is 49.5 Å². The lowest BCUT2D eigenvalue weighted by Crippen LogP contribution is -2.39. The summed E-state index contributed by atoms with van der Waals surface area (Å²) in [5.74, 6) is 1.06. The molecule has 4 rings (SSSR count). The monoisotopic (exact) mass is 370 g/mol. The van der Waals surface area contributed by atoms with Crippen LogP contribution in [0, 0.1) is 13.8 Å². The van der Waals surface area contributed by atoms with E-state index in [-0.39, 0.29) is 5.91 Å². The summed E-state index contributed by atoms with van der Waals surface area (Å²) in [7, 11) is 1.85. The van der Waals surface area contributed by atoms with Crippen LogP contribution in [0.4, 0.5) is 0 Å². The van der Waals surface area contributed by atoms with Crippen molar-refractivity contribution in [3.8, 4) is 5.82 Å². The molecule has 8 heteroatoms. The smallest absolute Gasteiger partial charge is 0.259 e. The average molecular weight is 370 g/mol. The number of carbonyl (C=O) groups excluding carboxylic acids is 1. The maximum absolute atomic E-state index is 13.3. The fourth-order valence-electron chi connectivity index (χ4n) is 3.63. The summed E-state index contributed by atoms with van der Waals surface area (Å²) < 4.78 is 3.43. The summed E-state index contributed by atoms with van der Waals surface area (Å²) in [5.41, 5.74) is 2.42. The molecule has 3 aromatic rings. The van der Waals surface area contributed by atoms with Gasteiger partial charge in [-0.15, -0.1) is 11.3 Å². The zero-order chi connectivity index (χ0) is 18.3. The second-order valence-corrected chi connectivity index (χ2v) is 7.67. The number of aryl methyl sites for hydroxylation is 3. The first-order valence-electron chi connectivity index (χ1n) is 8.79. The largest absolute Gasteiger partial charge is 0.338 e. The molecule has 0 aromatic carbocycles. The van der Waals surface area contributed by atoms with Crippen molar-refractivity contribution >= 4 is 17.2 Å². The Labute approximate surface area is 156 Å². The van der Waals surface area contributed by atoms with E-state index in [0.717, 1.165) is 35.8 Å². The topological polar surface area (TPSA) is 68.8 Å². The van der Waals surface area contributed by atoms with Crippen LogP contribution in [0.25, 0.3) is 5.82 Å². The van der Waals surface area contributed by atoms with E-state index in [1.807, 2.05) is 38.1 Å². The van der Waals surface area contributed by atoms with Gasteiger partial charge in [0.25, 0.3) is 5.91 Å². The Morgan fingerprint density at radius 1 is 1.35 bits per heavy atom. The van der Waals surface area contributed by atoms with Crippen LogP contribution in [0.3, 0.4) is 0 Å². The Kier molecular flexibility index (Phi) is 4.36. The minimum Gasteiger partial charge on any atom is -0.338 e. The van der Waals surface area contributed by atoms with Crippen molar-refractivity contribution in [2.45, 2.75) is 32.6 Å². The number of aromatic nitrogens is 5. The van der Waals surface area contributed by atoms with Gasteiger partial charge in [0.2, 0.25) is 0 Å². The molecule has 3 aromatic heterocycles. The third-order valence-electron chi connectivity index (χ3n) is 4.82. The SMILES string of the molecule is Cc1csc(C2CCCN(C(=O)c3c(C)nn(C)c3-n3cccn3)C2)n1. The van der Waals surface area contributed by atoms with Crippen molar-refractivity contribution in [2.24, 2.45) is 7.05 Å². The molecule has 7 nitrogen and oxygen atoms in total. The lowest BCUT2D eigenvalue weighted by atomic mass is 9.98. The van der Waals surface area contributed by atoms with E-state index in [9.17, 15) is 4.79 Å². The molecule has 1 fully saturated rings. The lowest BCUT2D eigenvalue weighted by Gasteiger charge is -2.32. The summed E-state index contributed by atoms with van der Waals surface area (Å²) in [4.78, 5) is 19.9. The molecule has 0 radical (unpaired) electrons. The summed E-state index contributed by atoms with van der Waals surface area (Å²) in [6, 6.07) is 1.85. The highest BCUT2D eigenvalue weighted by atomic mass is 32.1. The Hall–Kier alpha value is -2.48. The highest BCUT2D eigenvalue weighted by molar-refractivity contribution is 7.09. The number of hydrogen-bond donors (Lipinski definition) is 0. The molecular formula is C18H22N6OS. The van der Waals surface area contributed by atoms with Gasteiger partial charge in [-0.3, -0.25) is 4.79 Å². The van der Waals surface area contributed by atoms with Gasteiger partial charge in [-0.2, -0.15) is 10.2 Å². The van der Waals surface area contributed by atoms with Gasteiger partial charge in [-0.1, -0.05) is 0 Å². The van der Waals surface area contributed by atoms with Crippen molar-refractivity contribution in [3.05, 3.63) is 45.8 Å². The van der Waals surface area contributed by atoms with Crippen LogP contribution in [0.5, 0.6) is 0 Å². The molecule has 0 N–H and O–H groups in total. The molecule has 1 atom stereocenters. The van der Waals surface area contributed by atoms with Crippen LogP contribution >= 0.6 is 11.3 Å². The second kappa shape index (κ2) is 6.68. The van der Waals surface area contributed by atoms with E-state index in [4.69, 9.17) is 0 Å². The first kappa shape index (κ1) is 17.0. The first-order chi connectivity index (χ1) is 12.5. The standard InChI is InChI=1S/C18H22N6OS/c1-12-11-26-16(20-12)14-6-4-8-23(10-14)18(25)15-13(2)21-22(3)17(15)24-9-5-7-19-24/h5,7,9,11,14H,4,6,8,10H2,1-3H3. The van der Waals surface area contributed by atoms with Crippen LogP contribution < -0.4 is 0 Å². The van der Waals surface area contributed by atoms with Crippen molar-refractivity contribution < 1.29 is 4.79 Å². The van der Waals surface area contributed by atoms with Crippen molar-refractivity contribution in [1.82, 2.24) is 29.4 Å². The number of amides is 1. The summed E-state index contributed by atoms with van der Waals surface area (Å²) in [6.45, 7) is 5.37. The lowest BCUT2D eigenvalue weighted by molar-refractivity contribution is 0.0706. The van der Waals surface area contributed by atoms with Crippen molar-refractivity contribution in [3.63, 3.8) is 0 Å². The van der Waals surface area contributed by atoms with Crippen molar-refractivity contribution in [1.29, 1.82) is 0 Å². The maximum Gasteiger partial charge on any atom is 0.259 e. The first-order valence-corrected chi connectivity index (χ1v) is 9.67. The highest BCUT2D eigenvalue weighted by Gasteiger charge is 2.31. The number of likely N-dealkylation sites (tertiary alicyclic amines) is 1. The predicted octanol–water partition coefficient (Wildman–Crippen LogP) is 2.70. The zero-order valence-electron chi connectivity index (χ0n) is 15.2. The van der Waals surface area contributed by atoms with E-state index in [1.54, 1.807) is 26.9 Å². The van der Waals surface area contributed by atoms with Gasteiger partial charge in [0.1, 0.15) is 5.56 Å². The Bertz CT molecular complexity index is 926. The molecule has 1 amide bonds. The van der Waals surface area contributed by atoms with Gasteiger partial charge >= 0.3 is 0 Å². The van der Waals surface area contributed by atoms with Gasteiger partial charge in [-0.25, -0.2) is 14.3 Å². The minimum absolute atomic E-state index is 0.0269. The third kappa shape index (κ3) is 2.94. The molecular weight excluding hydrogens is 348 g/mol. The molecule has 1 aliphatic heterocycles. The van der Waals surface area contributed by atoms with Crippen LogP contribution in [-0.4, -0.2) is 48.4 Å². The number of piperidine rings is 1. The van der Waals surface area contributed by atoms with Crippen LogP contribution in [0.2, 0.25) is 0 Å². The second-order valence-electron chi connectivity index (χ2n) is 6.78. The van der Waals surface area contributed by atoms with Gasteiger partial charge in [0.15, 0.2) is 5.82 Å². The molecule has 0 bridgehead atoms. The molecule has 0 aliphatic carbocycles. The number of carbonyl (C=O) groups is 1. The fourth-order valence-corrected chi connectivity index (χ4v) is 4.56. The molecule has 1 saturated heterocycles. The number of rotatable bonds is 3. The molecule has 1 aliphatic rings. The molecule has 0 spiro atoms. The zero-order valence-corrected chi connectivity index (χ0v) is 16.0. The Morgan fingerprint density at radius 3 is 2.88 bits per heavy atom. The third-order valence-corrected chi connectivity index (χ3v) is 5.95. The molecule has 136 valence electrons. The summed E-state index contributed by atoms with van der Waals surface area (Å²) >= 11 is 1.69. The fraction of sp³-hybridized carbons (Fsp3) is 0.444. The van der Waals surface area contributed by atoms with Crippen LogP contribution in [0.15, 0.2) is 23.8 Å². The Balaban J connectivity index is 1.64. The average Bonchev–Trinajstić information content (AvgIpc) is 3.35. The summed E-state index contributed by atoms with van der Waals surface area (Å²) in [5, 5.41) is 12.0. The molecule has 26 heavy (non-hydrogen) atoms. The molecule has 1 unspecified atom stereocenters. The number of hydrogen-bond acceptors (Lipinski definition) is 5. The molecule has 0 saturated carbocycles. The minimum atomic E-state index is 0.0269. The Morgan fingerprint density at radius 2 is 2.19 bits per heavy atom. The highest BCUT2D eigenvalue weighted by Crippen LogP contribution is 2.31. The molecule has 4 heterocycles. The summed E-state index contributed by atoms with van der Waals surface area (Å²) in [6.07, 6.45) is 5.61. The van der Waals surface area contributed by atoms with E-state index in [1.165, 1.54) is 0 Å². The van der Waals surface area contributed by atoms with Gasteiger partial charge < -0.3 is 4.90 Å². The van der Waals surface area contributed by atoms with Crippen molar-refractivity contribution in [2.75, 3.05) is 13.1 Å². The van der Waals surface area contributed by atoms with Gasteiger partial charge in [-0.05, 0) is 32.8 Å². The normalized spacial score (nSPS) is 17.7. The number of thiazole rings is 1. The van der Waals surface area contributed by atoms with E-state index in [0.29, 0.717) is 23.8 Å². The van der Waals surface area contributed by atoms with E-state index >= 15 is 0 Å². The van der Waals surface area contributed by atoms with Crippen LogP contribution in [0.1, 0.15) is 45.5 Å². The quantitative estimate of drug-likeness (QED) is 0.711. The maximum atomic E-state index is 13.3. The van der Waals surface area contributed by atoms with E-state index < -0.39 is 0 Å².